The number of aromatic nitrogens is 4. The van der Waals surface area contributed by atoms with Gasteiger partial charge in [0.25, 0.3) is 5.56 Å². The summed E-state index contributed by atoms with van der Waals surface area (Å²) in [6.45, 7) is 3.88. The Morgan fingerprint density at radius 1 is 1.33 bits per heavy atom. The molecule has 0 fully saturated rings. The molecule has 3 aromatic rings. The van der Waals surface area contributed by atoms with Crippen molar-refractivity contribution >= 4 is 23.4 Å². The second kappa shape index (κ2) is 6.03. The third-order valence-corrected chi connectivity index (χ3v) is 3.09. The maximum atomic E-state index is 12.0. The summed E-state index contributed by atoms with van der Waals surface area (Å²) in [5.41, 5.74) is -0.459. The molecule has 9 heteroatoms. The van der Waals surface area contributed by atoms with Gasteiger partial charge in [0.05, 0.1) is 6.10 Å². The van der Waals surface area contributed by atoms with Gasteiger partial charge < -0.3 is 20.1 Å². The molecule has 0 radical (unpaired) electrons. The molecule has 2 aromatic heterocycles. The van der Waals surface area contributed by atoms with E-state index in [0.717, 1.165) is 16.5 Å². The zero-order valence-corrected chi connectivity index (χ0v) is 13.0. The second-order valence-corrected chi connectivity index (χ2v) is 5.30. The molecule has 9 nitrogen and oxygen atoms in total. The molecule has 0 amide bonds. The van der Waals surface area contributed by atoms with Gasteiger partial charge in [0.2, 0.25) is 11.7 Å². The van der Waals surface area contributed by atoms with Crippen LogP contribution in [0.25, 0.3) is 5.78 Å². The lowest BCUT2D eigenvalue weighted by Gasteiger charge is -2.10. The molecule has 0 aliphatic carbocycles. The highest BCUT2D eigenvalue weighted by Gasteiger charge is 2.14. The molecule has 24 heavy (non-hydrogen) atoms. The monoisotopic (exact) mass is 329 g/mol. The number of hydrogen-bond acceptors (Lipinski definition) is 6. The van der Waals surface area contributed by atoms with E-state index < -0.39 is 17.1 Å². The fourth-order valence-corrected chi connectivity index (χ4v) is 2.08. The number of rotatable bonds is 5. The highest BCUT2D eigenvalue weighted by Crippen LogP contribution is 2.19. The lowest BCUT2D eigenvalue weighted by molar-refractivity contribution is 0.0694. The largest absolute Gasteiger partial charge is 0.491 e. The first kappa shape index (κ1) is 15.5. The molecule has 0 saturated heterocycles. The van der Waals surface area contributed by atoms with Crippen LogP contribution in [-0.2, 0) is 0 Å². The van der Waals surface area contributed by atoms with Gasteiger partial charge in [0.15, 0.2) is 0 Å². The number of carboxylic acids is 1. The van der Waals surface area contributed by atoms with E-state index in [9.17, 15) is 9.59 Å². The lowest BCUT2D eigenvalue weighted by atomic mass is 10.3. The molecular formula is C15H15N5O4. The van der Waals surface area contributed by atoms with Gasteiger partial charge in [-0.3, -0.25) is 4.79 Å². The van der Waals surface area contributed by atoms with Gasteiger partial charge >= 0.3 is 5.97 Å². The predicted octanol–water partition coefficient (Wildman–Crippen LogP) is 1.65. The van der Waals surface area contributed by atoms with E-state index >= 15 is 0 Å². The number of nitrogens with zero attached hydrogens (tertiary/aromatic N) is 3. The van der Waals surface area contributed by atoms with Gasteiger partial charge in [0, 0.05) is 11.9 Å². The third-order valence-electron chi connectivity index (χ3n) is 3.09. The number of anilines is 2. The average Bonchev–Trinajstić information content (AvgIpc) is 2.92. The molecule has 0 spiro atoms. The smallest absolute Gasteiger partial charge is 0.342 e. The van der Waals surface area contributed by atoms with Gasteiger partial charge in [-0.1, -0.05) is 0 Å². The van der Waals surface area contributed by atoms with Crippen LogP contribution in [0.5, 0.6) is 5.75 Å². The Kier molecular flexibility index (Phi) is 3.90. The van der Waals surface area contributed by atoms with Crippen molar-refractivity contribution in [1.29, 1.82) is 0 Å². The van der Waals surface area contributed by atoms with Crippen LogP contribution in [-0.4, -0.2) is 36.8 Å². The van der Waals surface area contributed by atoms with Crippen LogP contribution in [0.1, 0.15) is 24.2 Å². The zero-order valence-electron chi connectivity index (χ0n) is 13.0. The molecule has 3 rings (SSSR count). The second-order valence-electron chi connectivity index (χ2n) is 5.30. The maximum absolute atomic E-state index is 12.0. The summed E-state index contributed by atoms with van der Waals surface area (Å²) >= 11 is 0. The molecule has 1 aromatic carbocycles. The van der Waals surface area contributed by atoms with Gasteiger partial charge in [-0.05, 0) is 38.1 Å². The van der Waals surface area contributed by atoms with E-state index in [0.29, 0.717) is 5.69 Å². The maximum Gasteiger partial charge on any atom is 0.342 e. The minimum atomic E-state index is -1.33. The highest BCUT2D eigenvalue weighted by atomic mass is 16.5. The molecule has 3 N–H and O–H groups in total. The van der Waals surface area contributed by atoms with Crippen molar-refractivity contribution in [3.63, 3.8) is 0 Å². The van der Waals surface area contributed by atoms with E-state index in [1.165, 1.54) is 0 Å². The number of ether oxygens (including phenoxy) is 1. The van der Waals surface area contributed by atoms with Crippen LogP contribution in [0, 0.1) is 0 Å². The number of carboxylic acid groups (broad SMARTS) is 1. The van der Waals surface area contributed by atoms with E-state index in [1.807, 2.05) is 13.8 Å². The van der Waals surface area contributed by atoms with Crippen molar-refractivity contribution in [3.8, 4) is 5.75 Å². The molecule has 0 unspecified atom stereocenters. The topological polar surface area (TPSA) is 122 Å². The summed E-state index contributed by atoms with van der Waals surface area (Å²) < 4.78 is 6.46. The standard InChI is InChI=1S/C15H15N5O4/c1-8(2)24-10-5-3-9(4-6-10)17-14-18-15-16-7-11(13(22)23)12(21)20(15)19-14/h3-8H,1-2H3,(H,22,23)(H2,16,17,18,19). The fraction of sp³-hybridized carbons (Fsp3) is 0.200. The van der Waals surface area contributed by atoms with Gasteiger partial charge in [-0.15, -0.1) is 5.10 Å². The Morgan fingerprint density at radius 3 is 2.67 bits per heavy atom. The number of aromatic carboxylic acids is 1. The summed E-state index contributed by atoms with van der Waals surface area (Å²) in [7, 11) is 0. The number of benzene rings is 1. The van der Waals surface area contributed by atoms with Gasteiger partial charge in [0.1, 0.15) is 11.3 Å². The van der Waals surface area contributed by atoms with Crippen LogP contribution in [0.4, 0.5) is 11.6 Å². The van der Waals surface area contributed by atoms with Gasteiger partial charge in [-0.25, -0.2) is 4.79 Å². The molecule has 0 saturated carbocycles. The van der Waals surface area contributed by atoms with Crippen molar-refractivity contribution < 1.29 is 14.6 Å². The summed E-state index contributed by atoms with van der Waals surface area (Å²) in [6.07, 6.45) is 1.18. The summed E-state index contributed by atoms with van der Waals surface area (Å²) in [6, 6.07) is 7.17. The number of hydrogen-bond donors (Lipinski definition) is 3. The third kappa shape index (κ3) is 3.05. The Morgan fingerprint density at radius 2 is 2.04 bits per heavy atom. The van der Waals surface area contributed by atoms with Crippen molar-refractivity contribution in [1.82, 2.24) is 19.6 Å². The normalized spacial score (nSPS) is 11.0. The Balaban J connectivity index is 1.86. The Bertz CT molecular complexity index is 943. The van der Waals surface area contributed by atoms with E-state index in [4.69, 9.17) is 9.84 Å². The molecule has 2 heterocycles. The predicted molar refractivity (Wildman–Crippen MR) is 86.1 cm³/mol. The lowest BCUT2D eigenvalue weighted by Crippen LogP contribution is -2.23. The van der Waals surface area contributed by atoms with Crippen molar-refractivity contribution in [2.24, 2.45) is 0 Å². The zero-order chi connectivity index (χ0) is 17.3. The van der Waals surface area contributed by atoms with Crippen LogP contribution in [0.3, 0.4) is 0 Å². The van der Waals surface area contributed by atoms with Crippen LogP contribution < -0.4 is 15.6 Å². The van der Waals surface area contributed by atoms with Crippen LogP contribution >= 0.6 is 0 Å². The van der Waals surface area contributed by atoms with Crippen molar-refractivity contribution in [3.05, 3.63) is 46.4 Å². The highest BCUT2D eigenvalue weighted by molar-refractivity contribution is 5.86. The number of carbonyl (C=O) groups is 1. The first-order valence-electron chi connectivity index (χ1n) is 7.19. The SMILES string of the molecule is CC(C)Oc1ccc(Nc2nc3[nH]cc(C(=O)O)c(=O)n3n2)cc1. The van der Waals surface area contributed by atoms with Crippen LogP contribution in [0.2, 0.25) is 0 Å². The fourth-order valence-electron chi connectivity index (χ4n) is 2.08. The van der Waals surface area contributed by atoms with Crippen molar-refractivity contribution in [2.45, 2.75) is 20.0 Å². The summed E-state index contributed by atoms with van der Waals surface area (Å²) in [5.74, 6) is -0.278. The van der Waals surface area contributed by atoms with Crippen molar-refractivity contribution in [2.75, 3.05) is 5.32 Å². The first-order chi connectivity index (χ1) is 11.4. The molecule has 124 valence electrons. The Labute approximate surface area is 135 Å². The number of aromatic amines is 1. The summed E-state index contributed by atoms with van der Waals surface area (Å²) in [4.78, 5) is 29.7. The number of H-pyrrole nitrogens is 1. The summed E-state index contributed by atoms with van der Waals surface area (Å²) in [5, 5.41) is 15.9. The number of fused-ring (bicyclic) bond motifs is 1. The number of nitrogens with one attached hydrogen (secondary N) is 2. The molecule has 0 atom stereocenters. The Hall–Kier alpha value is -3.36. The molecule has 0 bridgehead atoms. The molecular weight excluding hydrogens is 314 g/mol. The minimum Gasteiger partial charge on any atom is -0.491 e. The van der Waals surface area contributed by atoms with E-state index in [-0.39, 0.29) is 17.8 Å². The van der Waals surface area contributed by atoms with E-state index in [2.05, 4.69) is 20.4 Å². The molecule has 0 aliphatic heterocycles. The average molecular weight is 329 g/mol. The first-order valence-corrected chi connectivity index (χ1v) is 7.19. The van der Waals surface area contributed by atoms with E-state index in [1.54, 1.807) is 24.3 Å². The van der Waals surface area contributed by atoms with Gasteiger partial charge in [-0.2, -0.15) is 9.50 Å². The van der Waals surface area contributed by atoms with Crippen LogP contribution in [0.15, 0.2) is 35.3 Å². The quantitative estimate of drug-likeness (QED) is 0.650. The molecule has 0 aliphatic rings. The minimum absolute atomic E-state index is 0.0818.